The average molecular weight is 578 g/mol. The molecule has 6 heterocycles. The maximum atomic E-state index is 6.54. The second-order valence-electron chi connectivity index (χ2n) is 11.3. The lowest BCUT2D eigenvalue weighted by Gasteiger charge is -2.07. The van der Waals surface area contributed by atoms with Gasteiger partial charge in [-0.3, -0.25) is 15.0 Å². The van der Waals surface area contributed by atoms with E-state index in [4.69, 9.17) is 14.4 Å². The second kappa shape index (κ2) is 9.11. The minimum atomic E-state index is 0.733. The highest BCUT2D eigenvalue weighted by molar-refractivity contribution is 6.13. The minimum absolute atomic E-state index is 0.733. The Bertz CT molecular complexity index is 2720. The number of pyridine rings is 3. The first-order valence-electron chi connectivity index (χ1n) is 14.9. The summed E-state index contributed by atoms with van der Waals surface area (Å²) in [6.07, 6.45) is 7.45. The number of rotatable bonds is 3. The van der Waals surface area contributed by atoms with Crippen molar-refractivity contribution < 1.29 is 4.42 Å². The van der Waals surface area contributed by atoms with Crippen LogP contribution in [0.5, 0.6) is 0 Å². The van der Waals surface area contributed by atoms with E-state index < -0.39 is 0 Å². The molecule has 0 radical (unpaired) electrons. The number of furan rings is 1. The maximum absolute atomic E-state index is 6.54. The molecule has 210 valence electrons. The molecule has 0 fully saturated rings. The van der Waals surface area contributed by atoms with Crippen LogP contribution in [0.25, 0.3) is 88.3 Å². The van der Waals surface area contributed by atoms with Gasteiger partial charge in [0.05, 0.1) is 34.0 Å². The Hall–Kier alpha value is -6.27. The van der Waals surface area contributed by atoms with E-state index in [1.807, 2.05) is 43.0 Å². The normalized spacial score (nSPS) is 12.0. The fourth-order valence-corrected chi connectivity index (χ4v) is 6.97. The van der Waals surface area contributed by atoms with Gasteiger partial charge in [0.15, 0.2) is 5.58 Å². The highest BCUT2D eigenvalue weighted by Crippen LogP contribution is 2.39. The largest absolute Gasteiger partial charge is 0.454 e. The van der Waals surface area contributed by atoms with E-state index >= 15 is 0 Å². The van der Waals surface area contributed by atoms with Gasteiger partial charge in [-0.15, -0.1) is 0 Å². The van der Waals surface area contributed by atoms with Crippen LogP contribution in [0.3, 0.4) is 0 Å². The zero-order chi connectivity index (χ0) is 29.5. The third kappa shape index (κ3) is 3.42. The Balaban J connectivity index is 1.18. The third-order valence-corrected chi connectivity index (χ3v) is 8.93. The van der Waals surface area contributed by atoms with E-state index in [9.17, 15) is 0 Å². The first-order valence-corrected chi connectivity index (χ1v) is 14.9. The van der Waals surface area contributed by atoms with Crippen molar-refractivity contribution in [2.24, 2.45) is 0 Å². The molecule has 10 aromatic rings. The predicted octanol–water partition coefficient (Wildman–Crippen LogP) is 9.63. The van der Waals surface area contributed by atoms with Crippen LogP contribution >= 0.6 is 0 Å². The van der Waals surface area contributed by atoms with Crippen LogP contribution in [0.15, 0.2) is 144 Å². The van der Waals surface area contributed by atoms with Gasteiger partial charge >= 0.3 is 0 Å². The summed E-state index contributed by atoms with van der Waals surface area (Å²) >= 11 is 0. The number of nitrogens with zero attached hydrogens (tertiary/aromatic N) is 5. The molecule has 4 aromatic carbocycles. The van der Waals surface area contributed by atoms with E-state index in [-0.39, 0.29) is 0 Å². The Labute approximate surface area is 256 Å². The zero-order valence-corrected chi connectivity index (χ0v) is 23.9. The van der Waals surface area contributed by atoms with Gasteiger partial charge in [0.25, 0.3) is 0 Å². The van der Waals surface area contributed by atoms with Crippen LogP contribution in [0.2, 0.25) is 0 Å². The topological polar surface area (TPSA) is 61.7 Å². The van der Waals surface area contributed by atoms with Crippen molar-refractivity contribution in [1.82, 2.24) is 24.1 Å². The lowest BCUT2D eigenvalue weighted by Crippen LogP contribution is -1.94. The van der Waals surface area contributed by atoms with Gasteiger partial charge in [-0.05, 0) is 60.7 Å². The number of para-hydroxylation sites is 3. The summed E-state index contributed by atoms with van der Waals surface area (Å²) < 4.78 is 11.1. The van der Waals surface area contributed by atoms with E-state index in [2.05, 4.69) is 111 Å². The SMILES string of the molecule is c1ccc2c(c1)c1ccccc1n2-c1ccc2oc3c(-c4cc5c6ccccc6n(-c6ccncc6)c5cn4)ccnc3c2c1. The molecule has 10 rings (SSSR count). The Morgan fingerprint density at radius 2 is 1.13 bits per heavy atom. The highest BCUT2D eigenvalue weighted by atomic mass is 16.3. The number of hydrogen-bond donors (Lipinski definition) is 0. The van der Waals surface area contributed by atoms with Crippen molar-refractivity contribution in [3.8, 4) is 22.6 Å². The molecule has 6 aromatic heterocycles. The summed E-state index contributed by atoms with van der Waals surface area (Å²) in [5.41, 5.74) is 10.7. The molecular formula is C39H23N5O. The molecular weight excluding hydrogens is 554 g/mol. The molecule has 0 bridgehead atoms. The van der Waals surface area contributed by atoms with Crippen molar-refractivity contribution in [2.75, 3.05) is 0 Å². The van der Waals surface area contributed by atoms with Crippen LogP contribution in [0.4, 0.5) is 0 Å². The van der Waals surface area contributed by atoms with E-state index in [0.29, 0.717) is 0 Å². The first-order chi connectivity index (χ1) is 22.3. The van der Waals surface area contributed by atoms with Gasteiger partial charge in [-0.1, -0.05) is 54.6 Å². The molecule has 0 atom stereocenters. The van der Waals surface area contributed by atoms with Crippen LogP contribution in [0, 0.1) is 0 Å². The van der Waals surface area contributed by atoms with E-state index in [1.165, 1.54) is 27.2 Å². The van der Waals surface area contributed by atoms with Crippen molar-refractivity contribution in [3.05, 3.63) is 140 Å². The average Bonchev–Trinajstić information content (AvgIpc) is 3.76. The first kappa shape index (κ1) is 24.2. The number of aromatic nitrogens is 5. The fraction of sp³-hybridized carbons (Fsp3) is 0. The minimum Gasteiger partial charge on any atom is -0.454 e. The van der Waals surface area contributed by atoms with Crippen LogP contribution < -0.4 is 0 Å². The molecule has 0 saturated heterocycles. The van der Waals surface area contributed by atoms with Crippen molar-refractivity contribution in [1.29, 1.82) is 0 Å². The summed E-state index contributed by atoms with van der Waals surface area (Å²) in [6.45, 7) is 0. The summed E-state index contributed by atoms with van der Waals surface area (Å²) in [5, 5.41) is 5.73. The molecule has 0 unspecified atom stereocenters. The van der Waals surface area contributed by atoms with Crippen LogP contribution in [-0.2, 0) is 0 Å². The predicted molar refractivity (Wildman–Crippen MR) is 181 cm³/mol. The molecule has 0 saturated carbocycles. The van der Waals surface area contributed by atoms with Gasteiger partial charge in [-0.2, -0.15) is 0 Å². The second-order valence-corrected chi connectivity index (χ2v) is 11.3. The lowest BCUT2D eigenvalue weighted by atomic mass is 10.1. The Kier molecular flexibility index (Phi) is 4.90. The number of benzene rings is 4. The van der Waals surface area contributed by atoms with Crippen molar-refractivity contribution in [3.63, 3.8) is 0 Å². The molecule has 0 N–H and O–H groups in total. The van der Waals surface area contributed by atoms with Gasteiger partial charge in [0.2, 0.25) is 0 Å². The molecule has 6 heteroatoms. The summed E-state index contributed by atoms with van der Waals surface area (Å²) in [6, 6.07) is 40.1. The zero-order valence-electron chi connectivity index (χ0n) is 23.9. The Morgan fingerprint density at radius 1 is 0.489 bits per heavy atom. The summed E-state index contributed by atoms with van der Waals surface area (Å²) in [4.78, 5) is 14.0. The van der Waals surface area contributed by atoms with Crippen LogP contribution in [-0.4, -0.2) is 24.1 Å². The van der Waals surface area contributed by atoms with Crippen LogP contribution in [0.1, 0.15) is 0 Å². The van der Waals surface area contributed by atoms with E-state index in [1.54, 1.807) is 0 Å². The number of hydrogen-bond acceptors (Lipinski definition) is 4. The standard InChI is InChI=1S/C39H23N5O/c1-4-10-33-26(7-1)27-8-2-5-11-34(27)44(33)25-13-14-37-31(21-25)38-39(45-37)29(17-20-41-38)32-22-30-28-9-3-6-12-35(28)43(36(30)23-42-32)24-15-18-40-19-16-24/h1-23H. The van der Waals surface area contributed by atoms with Gasteiger partial charge in [0, 0.05) is 62.5 Å². The molecule has 0 spiro atoms. The quantitative estimate of drug-likeness (QED) is 0.210. The fourth-order valence-electron chi connectivity index (χ4n) is 6.97. The molecule has 0 aliphatic rings. The lowest BCUT2D eigenvalue weighted by molar-refractivity contribution is 0.669. The Morgan fingerprint density at radius 3 is 1.84 bits per heavy atom. The highest BCUT2D eigenvalue weighted by Gasteiger charge is 2.19. The molecule has 45 heavy (non-hydrogen) atoms. The van der Waals surface area contributed by atoms with Gasteiger partial charge < -0.3 is 13.6 Å². The number of fused-ring (bicyclic) bond motifs is 9. The van der Waals surface area contributed by atoms with Crippen molar-refractivity contribution >= 4 is 65.7 Å². The molecule has 0 amide bonds. The molecule has 0 aliphatic carbocycles. The third-order valence-electron chi connectivity index (χ3n) is 8.93. The smallest absolute Gasteiger partial charge is 0.163 e. The molecule has 6 nitrogen and oxygen atoms in total. The van der Waals surface area contributed by atoms with Crippen molar-refractivity contribution in [2.45, 2.75) is 0 Å². The van der Waals surface area contributed by atoms with Gasteiger partial charge in [-0.25, -0.2) is 0 Å². The van der Waals surface area contributed by atoms with Gasteiger partial charge in [0.1, 0.15) is 11.1 Å². The maximum Gasteiger partial charge on any atom is 0.163 e. The summed E-state index contributed by atoms with van der Waals surface area (Å²) in [5.74, 6) is 0. The summed E-state index contributed by atoms with van der Waals surface area (Å²) in [7, 11) is 0. The monoisotopic (exact) mass is 577 g/mol. The van der Waals surface area contributed by atoms with E-state index in [0.717, 1.165) is 61.1 Å². The molecule has 0 aliphatic heterocycles.